The number of halogens is 2. The van der Waals surface area contributed by atoms with Gasteiger partial charge in [0.2, 0.25) is 5.91 Å². The van der Waals surface area contributed by atoms with Crippen LogP contribution >= 0.6 is 0 Å². The van der Waals surface area contributed by atoms with Crippen LogP contribution in [0.2, 0.25) is 0 Å². The summed E-state index contributed by atoms with van der Waals surface area (Å²) in [5.74, 6) is -1.70. The number of benzene rings is 1. The highest BCUT2D eigenvalue weighted by Crippen LogP contribution is 2.40. The van der Waals surface area contributed by atoms with E-state index < -0.39 is 35.4 Å². The van der Waals surface area contributed by atoms with Crippen LogP contribution in [0.1, 0.15) is 45.2 Å². The fraction of sp³-hybridized carbons (Fsp3) is 0.562. The van der Waals surface area contributed by atoms with Crippen LogP contribution in [0, 0.1) is 11.6 Å². The Kier molecular flexibility index (Phi) is 4.54. The topological polar surface area (TPSA) is 66.6 Å². The van der Waals surface area contributed by atoms with Gasteiger partial charge in [-0.25, -0.2) is 8.78 Å². The standard InChI is InChI=1S/C16H22F2N2O2/c1-9(19)15(21)20-13(4-5-14(20)16(2,3)22)10-6-11(17)8-12(18)7-10/h6-9,13-14,22H,4-5,19H2,1-3H3/t9-,13?,14?/m1/s1. The number of nitrogens with two attached hydrogens (primary N) is 1. The molecule has 1 heterocycles. The van der Waals surface area contributed by atoms with Gasteiger partial charge in [-0.2, -0.15) is 0 Å². The van der Waals surface area contributed by atoms with Crippen LogP contribution in [0.4, 0.5) is 8.78 Å². The van der Waals surface area contributed by atoms with E-state index in [4.69, 9.17) is 5.73 Å². The molecule has 1 aliphatic heterocycles. The number of rotatable bonds is 3. The minimum atomic E-state index is -1.12. The van der Waals surface area contributed by atoms with E-state index in [0.717, 1.165) is 6.07 Å². The van der Waals surface area contributed by atoms with Crippen LogP contribution in [0.3, 0.4) is 0 Å². The number of amides is 1. The smallest absolute Gasteiger partial charge is 0.240 e. The van der Waals surface area contributed by atoms with E-state index in [1.165, 1.54) is 17.0 Å². The third kappa shape index (κ3) is 3.28. The molecule has 1 aliphatic rings. The minimum absolute atomic E-state index is 0.334. The molecule has 2 rings (SSSR count). The zero-order valence-corrected chi connectivity index (χ0v) is 13.0. The highest BCUT2D eigenvalue weighted by atomic mass is 19.1. The lowest BCUT2D eigenvalue weighted by molar-refractivity contribution is -0.140. The molecule has 1 aromatic rings. The van der Waals surface area contributed by atoms with Crippen LogP contribution in [0.25, 0.3) is 0 Å². The van der Waals surface area contributed by atoms with Crippen LogP contribution in [-0.4, -0.2) is 33.6 Å². The fourth-order valence-corrected chi connectivity index (χ4v) is 3.14. The maximum Gasteiger partial charge on any atom is 0.240 e. The Morgan fingerprint density at radius 1 is 1.32 bits per heavy atom. The van der Waals surface area contributed by atoms with Crippen molar-refractivity contribution in [1.29, 1.82) is 0 Å². The maximum absolute atomic E-state index is 13.5. The minimum Gasteiger partial charge on any atom is -0.388 e. The summed E-state index contributed by atoms with van der Waals surface area (Å²) in [5.41, 5.74) is 4.97. The number of carbonyl (C=O) groups is 1. The molecule has 3 atom stereocenters. The first-order valence-corrected chi connectivity index (χ1v) is 7.37. The molecular weight excluding hydrogens is 290 g/mol. The quantitative estimate of drug-likeness (QED) is 0.898. The Labute approximate surface area is 128 Å². The van der Waals surface area contributed by atoms with E-state index in [-0.39, 0.29) is 5.91 Å². The van der Waals surface area contributed by atoms with E-state index >= 15 is 0 Å². The van der Waals surface area contributed by atoms with E-state index in [1.54, 1.807) is 20.8 Å². The predicted octanol–water partition coefficient (Wildman–Crippen LogP) is 2.12. The lowest BCUT2D eigenvalue weighted by Crippen LogP contribution is -2.53. The lowest BCUT2D eigenvalue weighted by Gasteiger charge is -2.38. The van der Waals surface area contributed by atoms with Crippen LogP contribution < -0.4 is 5.73 Å². The van der Waals surface area contributed by atoms with Gasteiger partial charge in [0.25, 0.3) is 0 Å². The van der Waals surface area contributed by atoms with E-state index in [1.807, 2.05) is 0 Å². The van der Waals surface area contributed by atoms with Crippen molar-refractivity contribution in [3.63, 3.8) is 0 Å². The fourth-order valence-electron chi connectivity index (χ4n) is 3.14. The van der Waals surface area contributed by atoms with Gasteiger partial charge >= 0.3 is 0 Å². The molecule has 22 heavy (non-hydrogen) atoms. The van der Waals surface area contributed by atoms with Crippen molar-refractivity contribution < 1.29 is 18.7 Å². The SMILES string of the molecule is C[C@@H](N)C(=O)N1C(c2cc(F)cc(F)c2)CCC1C(C)(C)O. The van der Waals surface area contributed by atoms with Crippen LogP contribution in [-0.2, 0) is 4.79 Å². The van der Waals surface area contributed by atoms with Crippen molar-refractivity contribution in [2.24, 2.45) is 5.73 Å². The molecular formula is C16H22F2N2O2. The van der Waals surface area contributed by atoms with Gasteiger partial charge in [-0.1, -0.05) is 0 Å². The number of aliphatic hydroxyl groups is 1. The molecule has 0 spiro atoms. The van der Waals surface area contributed by atoms with Crippen molar-refractivity contribution in [3.05, 3.63) is 35.4 Å². The summed E-state index contributed by atoms with van der Waals surface area (Å²) in [7, 11) is 0. The Morgan fingerprint density at radius 2 is 1.86 bits per heavy atom. The van der Waals surface area contributed by atoms with Crippen molar-refractivity contribution in [2.75, 3.05) is 0 Å². The van der Waals surface area contributed by atoms with Crippen LogP contribution in [0.15, 0.2) is 18.2 Å². The molecule has 1 fully saturated rings. The molecule has 1 saturated heterocycles. The van der Waals surface area contributed by atoms with E-state index in [0.29, 0.717) is 18.4 Å². The second kappa shape index (κ2) is 5.93. The summed E-state index contributed by atoms with van der Waals surface area (Å²) < 4.78 is 27.0. The van der Waals surface area contributed by atoms with Gasteiger partial charge in [-0.15, -0.1) is 0 Å². The molecule has 1 amide bonds. The number of carbonyl (C=O) groups excluding carboxylic acids is 1. The average molecular weight is 312 g/mol. The molecule has 0 bridgehead atoms. The average Bonchev–Trinajstić information content (AvgIpc) is 2.80. The van der Waals surface area contributed by atoms with E-state index in [9.17, 15) is 18.7 Å². The summed E-state index contributed by atoms with van der Waals surface area (Å²) in [6, 6.07) is 1.57. The Morgan fingerprint density at radius 3 is 2.32 bits per heavy atom. The first-order chi connectivity index (χ1) is 10.1. The van der Waals surface area contributed by atoms with Gasteiger partial charge < -0.3 is 15.7 Å². The third-order valence-corrected chi connectivity index (χ3v) is 4.11. The molecule has 1 aromatic carbocycles. The number of likely N-dealkylation sites (tertiary alicyclic amines) is 1. The van der Waals surface area contributed by atoms with Gasteiger partial charge in [0.1, 0.15) is 11.6 Å². The zero-order valence-electron chi connectivity index (χ0n) is 13.0. The summed E-state index contributed by atoms with van der Waals surface area (Å²) in [5, 5.41) is 10.3. The van der Waals surface area contributed by atoms with Gasteiger partial charge in [0.15, 0.2) is 0 Å². The summed E-state index contributed by atoms with van der Waals surface area (Å²) in [6.07, 6.45) is 1.07. The van der Waals surface area contributed by atoms with Gasteiger partial charge in [-0.05, 0) is 51.3 Å². The van der Waals surface area contributed by atoms with Crippen molar-refractivity contribution in [1.82, 2.24) is 4.90 Å². The van der Waals surface area contributed by atoms with Gasteiger partial charge in [0.05, 0.1) is 23.7 Å². The normalized spacial score (nSPS) is 23.7. The monoisotopic (exact) mass is 312 g/mol. The second-order valence-electron chi connectivity index (χ2n) is 6.50. The second-order valence-corrected chi connectivity index (χ2v) is 6.50. The van der Waals surface area contributed by atoms with E-state index in [2.05, 4.69) is 0 Å². The van der Waals surface area contributed by atoms with Crippen LogP contribution in [0.5, 0.6) is 0 Å². The predicted molar refractivity (Wildman–Crippen MR) is 78.9 cm³/mol. The number of hydrogen-bond donors (Lipinski definition) is 2. The highest BCUT2D eigenvalue weighted by Gasteiger charge is 2.45. The maximum atomic E-state index is 13.5. The number of hydrogen-bond acceptors (Lipinski definition) is 3. The first-order valence-electron chi connectivity index (χ1n) is 7.37. The van der Waals surface area contributed by atoms with Crippen molar-refractivity contribution in [2.45, 2.75) is 57.3 Å². The Bertz CT molecular complexity index is 550. The molecule has 0 aliphatic carbocycles. The zero-order chi connectivity index (χ0) is 16.7. The molecule has 0 saturated carbocycles. The molecule has 2 unspecified atom stereocenters. The Hall–Kier alpha value is -1.53. The molecule has 4 nitrogen and oxygen atoms in total. The summed E-state index contributed by atoms with van der Waals surface area (Å²) >= 11 is 0. The molecule has 6 heteroatoms. The summed E-state index contributed by atoms with van der Waals surface area (Å²) in [4.78, 5) is 13.9. The molecule has 0 radical (unpaired) electrons. The highest BCUT2D eigenvalue weighted by molar-refractivity contribution is 5.82. The summed E-state index contributed by atoms with van der Waals surface area (Å²) in [6.45, 7) is 4.80. The molecule has 3 N–H and O–H groups in total. The molecule has 0 aromatic heterocycles. The van der Waals surface area contributed by atoms with Gasteiger partial charge in [-0.3, -0.25) is 4.79 Å². The lowest BCUT2D eigenvalue weighted by atomic mass is 9.96. The first kappa shape index (κ1) is 16.8. The van der Waals surface area contributed by atoms with Crippen molar-refractivity contribution >= 4 is 5.91 Å². The largest absolute Gasteiger partial charge is 0.388 e. The van der Waals surface area contributed by atoms with Gasteiger partial charge in [0, 0.05) is 6.07 Å². The third-order valence-electron chi connectivity index (χ3n) is 4.11. The molecule has 122 valence electrons. The number of nitrogens with zero attached hydrogens (tertiary/aromatic N) is 1. The Balaban J connectivity index is 2.43. The van der Waals surface area contributed by atoms with Crippen molar-refractivity contribution in [3.8, 4) is 0 Å².